The molecule has 1 atom stereocenters. The highest BCUT2D eigenvalue weighted by atomic mass is 16.6. The van der Waals surface area contributed by atoms with Crippen LogP contribution in [0.1, 0.15) is 68.6 Å². The Bertz CT molecular complexity index is 1560. The quantitative estimate of drug-likeness (QED) is 0.110. The molecule has 1 saturated heterocycles. The highest BCUT2D eigenvalue weighted by molar-refractivity contribution is 6.03. The number of methoxy groups -OCH3 is 1. The number of hydrogen-bond donors (Lipinski definition) is 1. The molecule has 3 aromatic rings. The van der Waals surface area contributed by atoms with Crippen LogP contribution in [0, 0.1) is 10.1 Å². The first-order valence-electron chi connectivity index (χ1n) is 15.6. The fourth-order valence-corrected chi connectivity index (χ4v) is 7.07. The van der Waals surface area contributed by atoms with Crippen LogP contribution in [0.5, 0.6) is 0 Å². The lowest BCUT2D eigenvalue weighted by Crippen LogP contribution is -2.43. The molecule has 45 heavy (non-hydrogen) atoms. The van der Waals surface area contributed by atoms with Gasteiger partial charge in [0.1, 0.15) is 0 Å². The molecule has 0 saturated carbocycles. The van der Waals surface area contributed by atoms with Crippen LogP contribution < -0.4 is 5.32 Å². The Morgan fingerprint density at radius 1 is 0.889 bits per heavy atom. The molecule has 0 aromatic heterocycles. The van der Waals surface area contributed by atoms with E-state index in [1.54, 1.807) is 19.1 Å². The first-order valence-corrected chi connectivity index (χ1v) is 15.6. The average Bonchev–Trinajstić information content (AvgIpc) is 3.07. The molecular weight excluding hydrogens is 566 g/mol. The van der Waals surface area contributed by atoms with Crippen LogP contribution in [0.2, 0.25) is 0 Å². The molecule has 0 bridgehead atoms. The third-order valence-electron chi connectivity index (χ3n) is 9.37. The maximum atomic E-state index is 13.8. The van der Waals surface area contributed by atoms with Crippen molar-refractivity contribution in [3.05, 3.63) is 134 Å². The number of esters is 1. The van der Waals surface area contributed by atoms with Crippen molar-refractivity contribution in [2.75, 3.05) is 26.7 Å². The number of nitrogens with one attached hydrogen (secondary N) is 1. The van der Waals surface area contributed by atoms with Gasteiger partial charge in [-0.25, -0.2) is 4.79 Å². The van der Waals surface area contributed by atoms with E-state index in [0.29, 0.717) is 40.9 Å². The summed E-state index contributed by atoms with van der Waals surface area (Å²) < 4.78 is 5.08. The summed E-state index contributed by atoms with van der Waals surface area (Å²) in [6, 6.07) is 27.8. The number of nitro groups is 1. The predicted octanol–water partition coefficient (Wildman–Crippen LogP) is 6.82. The number of nitro benzene ring substituents is 1. The normalized spacial score (nSPS) is 18.3. The van der Waals surface area contributed by atoms with E-state index in [2.05, 4.69) is 70.9 Å². The largest absolute Gasteiger partial charge is 0.466 e. The molecule has 1 unspecified atom stereocenters. The summed E-state index contributed by atoms with van der Waals surface area (Å²) in [5.41, 5.74) is 5.10. The molecule has 0 spiro atoms. The molecule has 8 nitrogen and oxygen atoms in total. The Balaban J connectivity index is 1.25. The lowest BCUT2D eigenvalue weighted by Gasteiger charge is -2.43. The number of non-ortho nitro benzene ring substituents is 1. The number of piperidine rings is 1. The number of benzene rings is 3. The number of rotatable bonds is 11. The van der Waals surface area contributed by atoms with Crippen molar-refractivity contribution < 1.29 is 19.2 Å². The zero-order chi connectivity index (χ0) is 32.0. The molecule has 234 valence electrons. The fraction of sp³-hybridized carbons (Fsp3) is 0.351. The second-order valence-electron chi connectivity index (χ2n) is 12.0. The van der Waals surface area contributed by atoms with Gasteiger partial charge in [0.15, 0.2) is 5.78 Å². The summed E-state index contributed by atoms with van der Waals surface area (Å²) in [6.07, 6.45) is 3.95. The van der Waals surface area contributed by atoms with Crippen molar-refractivity contribution in [3.63, 3.8) is 0 Å². The minimum Gasteiger partial charge on any atom is -0.466 e. The molecular formula is C37H41N3O5. The van der Waals surface area contributed by atoms with E-state index in [1.807, 2.05) is 6.92 Å². The van der Waals surface area contributed by atoms with Crippen LogP contribution >= 0.6 is 0 Å². The molecule has 0 radical (unpaired) electrons. The maximum Gasteiger partial charge on any atom is 0.336 e. The van der Waals surface area contributed by atoms with Crippen molar-refractivity contribution in [2.24, 2.45) is 0 Å². The van der Waals surface area contributed by atoms with Gasteiger partial charge in [0.25, 0.3) is 5.69 Å². The van der Waals surface area contributed by atoms with Gasteiger partial charge in [-0.3, -0.25) is 14.9 Å². The molecule has 1 fully saturated rings. The summed E-state index contributed by atoms with van der Waals surface area (Å²) in [7, 11) is 1.30. The van der Waals surface area contributed by atoms with Crippen molar-refractivity contribution >= 4 is 17.4 Å². The van der Waals surface area contributed by atoms with Crippen LogP contribution in [0.15, 0.2) is 107 Å². The zero-order valence-corrected chi connectivity index (χ0v) is 26.3. The standard InChI is InChI=1S/C37H41N3O5/c1-26-33(35(34(27(2)38-26)36(42)45-3)28-13-12-18-31(25-28)40(43)44)32(41)19-10-11-22-39-23-20-37(21-24-39,29-14-6-4-7-15-29)30-16-8-5-9-17-30/h4-9,12-18,25,35,38H,10-11,19-24H2,1-3H3. The molecule has 8 heteroatoms. The third kappa shape index (κ3) is 6.76. The molecule has 3 aromatic carbocycles. The summed E-state index contributed by atoms with van der Waals surface area (Å²) in [4.78, 5) is 40.3. The molecule has 0 aliphatic carbocycles. The van der Waals surface area contributed by atoms with E-state index < -0.39 is 16.8 Å². The van der Waals surface area contributed by atoms with Crippen LogP contribution in [-0.4, -0.2) is 48.3 Å². The van der Waals surface area contributed by atoms with E-state index in [1.165, 1.54) is 30.4 Å². The first-order chi connectivity index (χ1) is 21.7. The lowest BCUT2D eigenvalue weighted by molar-refractivity contribution is -0.384. The minimum atomic E-state index is -0.753. The van der Waals surface area contributed by atoms with Gasteiger partial charge in [-0.05, 0) is 75.9 Å². The van der Waals surface area contributed by atoms with Gasteiger partial charge in [-0.2, -0.15) is 0 Å². The number of unbranched alkanes of at least 4 members (excludes halogenated alkanes) is 1. The van der Waals surface area contributed by atoms with Gasteiger partial charge in [-0.15, -0.1) is 0 Å². The Labute approximate surface area is 264 Å². The molecule has 5 rings (SSSR count). The van der Waals surface area contributed by atoms with Crippen molar-refractivity contribution in [3.8, 4) is 0 Å². The van der Waals surface area contributed by atoms with E-state index in [4.69, 9.17) is 4.74 Å². The number of Topliss-reactive ketones (excluding diaryl/α,β-unsaturated/α-hetero) is 1. The maximum absolute atomic E-state index is 13.8. The van der Waals surface area contributed by atoms with E-state index in [9.17, 15) is 19.7 Å². The van der Waals surface area contributed by atoms with E-state index in [-0.39, 0.29) is 16.9 Å². The van der Waals surface area contributed by atoms with Gasteiger partial charge in [0.05, 0.1) is 17.6 Å². The van der Waals surface area contributed by atoms with Crippen LogP contribution in [0.25, 0.3) is 0 Å². The van der Waals surface area contributed by atoms with Crippen molar-refractivity contribution in [1.29, 1.82) is 0 Å². The summed E-state index contributed by atoms with van der Waals surface area (Å²) in [6.45, 7) is 6.43. The van der Waals surface area contributed by atoms with Crippen LogP contribution in [0.4, 0.5) is 5.69 Å². The lowest BCUT2D eigenvalue weighted by atomic mass is 9.68. The first kappa shape index (κ1) is 31.9. The van der Waals surface area contributed by atoms with Gasteiger partial charge < -0.3 is 15.0 Å². The highest BCUT2D eigenvalue weighted by Crippen LogP contribution is 2.42. The summed E-state index contributed by atoms with van der Waals surface area (Å²) in [5, 5.41) is 14.7. The molecule has 2 aliphatic heterocycles. The van der Waals surface area contributed by atoms with E-state index in [0.717, 1.165) is 38.9 Å². The van der Waals surface area contributed by atoms with E-state index >= 15 is 0 Å². The molecule has 2 aliphatic rings. The second kappa shape index (κ2) is 14.0. The number of nitrogens with zero attached hydrogens (tertiary/aromatic N) is 2. The number of ether oxygens (including phenoxy) is 1. The molecule has 0 amide bonds. The summed E-state index contributed by atoms with van der Waals surface area (Å²) >= 11 is 0. The number of hydrogen-bond acceptors (Lipinski definition) is 7. The molecule has 2 heterocycles. The number of allylic oxidation sites excluding steroid dienone is 3. The summed E-state index contributed by atoms with van der Waals surface area (Å²) in [5.74, 6) is -1.39. The topological polar surface area (TPSA) is 102 Å². The number of likely N-dealkylation sites (tertiary alicyclic amines) is 1. The number of dihydropyridines is 1. The second-order valence-corrected chi connectivity index (χ2v) is 12.0. The highest BCUT2D eigenvalue weighted by Gasteiger charge is 2.39. The fourth-order valence-electron chi connectivity index (χ4n) is 7.07. The van der Waals surface area contributed by atoms with Gasteiger partial charge in [0.2, 0.25) is 0 Å². The van der Waals surface area contributed by atoms with Crippen LogP contribution in [0.3, 0.4) is 0 Å². The Morgan fingerprint density at radius 2 is 1.49 bits per heavy atom. The Morgan fingerprint density at radius 3 is 2.07 bits per heavy atom. The zero-order valence-electron chi connectivity index (χ0n) is 26.3. The minimum absolute atomic E-state index is 0.00249. The SMILES string of the molecule is COC(=O)C1=C(C)NC(C)=C(C(=O)CCCCN2CCC(c3ccccc3)(c3ccccc3)CC2)C1c1cccc([N+](=O)[O-])c1. The smallest absolute Gasteiger partial charge is 0.336 e. The average molecular weight is 608 g/mol. The number of ketones is 1. The van der Waals surface area contributed by atoms with Crippen LogP contribution in [-0.2, 0) is 19.7 Å². The number of carbonyl (C=O) groups excluding carboxylic acids is 2. The monoisotopic (exact) mass is 607 g/mol. The third-order valence-corrected chi connectivity index (χ3v) is 9.37. The van der Waals surface area contributed by atoms with Gasteiger partial charge in [0, 0.05) is 46.9 Å². The Hall–Kier alpha value is -4.56. The molecule has 1 N–H and O–H groups in total. The van der Waals surface area contributed by atoms with Gasteiger partial charge in [-0.1, -0.05) is 72.8 Å². The Kier molecular flexibility index (Phi) is 9.93. The van der Waals surface area contributed by atoms with Crippen molar-refractivity contribution in [1.82, 2.24) is 10.2 Å². The van der Waals surface area contributed by atoms with Crippen molar-refractivity contribution in [2.45, 2.75) is 57.3 Å². The predicted molar refractivity (Wildman–Crippen MR) is 175 cm³/mol. The van der Waals surface area contributed by atoms with Gasteiger partial charge >= 0.3 is 5.97 Å². The number of carbonyl (C=O) groups is 2.